The fraction of sp³-hybridized carbons (Fsp3) is 0.474. The minimum absolute atomic E-state index is 0.0470. The normalized spacial score (nSPS) is 22.4. The van der Waals surface area contributed by atoms with Crippen LogP contribution in [0.25, 0.3) is 0 Å². The molecule has 0 unspecified atom stereocenters. The van der Waals surface area contributed by atoms with Crippen molar-refractivity contribution in [1.29, 1.82) is 0 Å². The fourth-order valence-electron chi connectivity index (χ4n) is 3.86. The molecule has 4 rings (SSSR count). The number of aromatic nitrogens is 2. The van der Waals surface area contributed by atoms with E-state index in [2.05, 4.69) is 27.0 Å². The molecule has 2 aliphatic heterocycles. The molecule has 5 heteroatoms. The van der Waals surface area contributed by atoms with Gasteiger partial charge in [-0.3, -0.25) is 14.9 Å². The second-order valence-electron chi connectivity index (χ2n) is 6.73. The minimum Gasteiger partial charge on any atom is -0.492 e. The highest BCUT2D eigenvalue weighted by atomic mass is 16.5. The summed E-state index contributed by atoms with van der Waals surface area (Å²) in [5.41, 5.74) is 1.36. The molecule has 2 saturated heterocycles. The van der Waals surface area contributed by atoms with Gasteiger partial charge in [0.2, 0.25) is 0 Å². The summed E-state index contributed by atoms with van der Waals surface area (Å²) in [6.07, 6.45) is 9.42. The van der Waals surface area contributed by atoms with Crippen molar-refractivity contribution in [3.63, 3.8) is 0 Å². The van der Waals surface area contributed by atoms with E-state index < -0.39 is 0 Å². The standard InChI is InChI=1S/C19H23N3O2/c1-2-18(12-21-7-1)23-10-5-17-6-11-24-19(17)14-22(15-19)13-16-3-8-20-9-4-16/h1-4,7-9,12,17H,5-6,10-11,13-15H2/t17-/m0/s1. The summed E-state index contributed by atoms with van der Waals surface area (Å²) < 4.78 is 12.0. The summed E-state index contributed by atoms with van der Waals surface area (Å²) >= 11 is 0. The Morgan fingerprint density at radius 3 is 2.83 bits per heavy atom. The molecule has 0 saturated carbocycles. The molecule has 0 radical (unpaired) electrons. The van der Waals surface area contributed by atoms with Gasteiger partial charge >= 0.3 is 0 Å². The lowest BCUT2D eigenvalue weighted by Crippen LogP contribution is -2.64. The average molecular weight is 325 g/mol. The number of hydrogen-bond acceptors (Lipinski definition) is 5. The lowest BCUT2D eigenvalue weighted by molar-refractivity contribution is -0.138. The van der Waals surface area contributed by atoms with Gasteiger partial charge in [-0.2, -0.15) is 0 Å². The lowest BCUT2D eigenvalue weighted by atomic mass is 9.79. The van der Waals surface area contributed by atoms with Gasteiger partial charge in [0.1, 0.15) is 5.75 Å². The van der Waals surface area contributed by atoms with Crippen LogP contribution in [0.15, 0.2) is 49.1 Å². The highest BCUT2D eigenvalue weighted by Crippen LogP contribution is 2.42. The van der Waals surface area contributed by atoms with Crippen molar-refractivity contribution in [2.75, 3.05) is 26.3 Å². The van der Waals surface area contributed by atoms with Crippen molar-refractivity contribution in [3.8, 4) is 5.75 Å². The van der Waals surface area contributed by atoms with E-state index in [1.807, 2.05) is 24.5 Å². The van der Waals surface area contributed by atoms with Crippen LogP contribution in [0.4, 0.5) is 0 Å². The van der Waals surface area contributed by atoms with E-state index in [4.69, 9.17) is 9.47 Å². The Balaban J connectivity index is 1.27. The maximum absolute atomic E-state index is 6.14. The Bertz CT molecular complexity index is 644. The van der Waals surface area contributed by atoms with Crippen LogP contribution in [0.5, 0.6) is 5.75 Å². The van der Waals surface area contributed by atoms with Crippen molar-refractivity contribution >= 4 is 0 Å². The van der Waals surface area contributed by atoms with E-state index >= 15 is 0 Å². The Morgan fingerprint density at radius 2 is 2.04 bits per heavy atom. The van der Waals surface area contributed by atoms with Crippen LogP contribution >= 0.6 is 0 Å². The van der Waals surface area contributed by atoms with Crippen LogP contribution in [0.3, 0.4) is 0 Å². The van der Waals surface area contributed by atoms with Gasteiger partial charge in [-0.1, -0.05) is 0 Å². The van der Waals surface area contributed by atoms with Crippen LogP contribution in [-0.2, 0) is 11.3 Å². The maximum atomic E-state index is 6.14. The molecule has 2 aliphatic rings. The number of hydrogen-bond donors (Lipinski definition) is 0. The summed E-state index contributed by atoms with van der Waals surface area (Å²) in [7, 11) is 0. The van der Waals surface area contributed by atoms with Crippen molar-refractivity contribution < 1.29 is 9.47 Å². The van der Waals surface area contributed by atoms with Gasteiger partial charge in [0, 0.05) is 44.8 Å². The minimum atomic E-state index is 0.0470. The van der Waals surface area contributed by atoms with Crippen molar-refractivity contribution in [3.05, 3.63) is 54.6 Å². The topological polar surface area (TPSA) is 47.5 Å². The third-order valence-electron chi connectivity index (χ3n) is 5.11. The largest absolute Gasteiger partial charge is 0.492 e. The van der Waals surface area contributed by atoms with Crippen molar-refractivity contribution in [1.82, 2.24) is 14.9 Å². The van der Waals surface area contributed by atoms with Gasteiger partial charge in [-0.05, 0) is 48.6 Å². The highest BCUT2D eigenvalue weighted by Gasteiger charge is 2.52. The van der Waals surface area contributed by atoms with Crippen LogP contribution in [0, 0.1) is 5.92 Å². The van der Waals surface area contributed by atoms with Crippen LogP contribution in [0.1, 0.15) is 18.4 Å². The number of likely N-dealkylation sites (tertiary alicyclic amines) is 1. The zero-order valence-corrected chi connectivity index (χ0v) is 13.8. The first-order chi connectivity index (χ1) is 11.8. The van der Waals surface area contributed by atoms with Gasteiger partial charge in [0.05, 0.1) is 18.4 Å². The monoisotopic (exact) mass is 325 g/mol. The van der Waals surface area contributed by atoms with Crippen LogP contribution in [-0.4, -0.2) is 46.8 Å². The number of ether oxygens (including phenoxy) is 2. The molecule has 0 aromatic carbocycles. The highest BCUT2D eigenvalue weighted by molar-refractivity contribution is 5.16. The Hall–Kier alpha value is -1.98. The van der Waals surface area contributed by atoms with E-state index in [9.17, 15) is 0 Å². The molecule has 126 valence electrons. The summed E-state index contributed by atoms with van der Waals surface area (Å²) in [5, 5.41) is 0. The Morgan fingerprint density at radius 1 is 1.17 bits per heavy atom. The maximum Gasteiger partial charge on any atom is 0.137 e. The molecule has 2 fully saturated rings. The quantitative estimate of drug-likeness (QED) is 0.817. The fourth-order valence-corrected chi connectivity index (χ4v) is 3.86. The van der Waals surface area contributed by atoms with Gasteiger partial charge in [0.25, 0.3) is 0 Å². The smallest absolute Gasteiger partial charge is 0.137 e. The molecule has 4 heterocycles. The van der Waals surface area contributed by atoms with E-state index in [1.165, 1.54) is 5.56 Å². The van der Waals surface area contributed by atoms with Gasteiger partial charge in [-0.15, -0.1) is 0 Å². The predicted octanol–water partition coefficient (Wildman–Crippen LogP) is 2.54. The first-order valence-corrected chi connectivity index (χ1v) is 8.62. The molecule has 24 heavy (non-hydrogen) atoms. The first-order valence-electron chi connectivity index (χ1n) is 8.62. The molecule has 0 aliphatic carbocycles. The lowest BCUT2D eigenvalue weighted by Gasteiger charge is -2.50. The Kier molecular flexibility index (Phi) is 4.45. The average Bonchev–Trinajstić information content (AvgIpc) is 3.00. The van der Waals surface area contributed by atoms with E-state index in [0.717, 1.165) is 51.4 Å². The van der Waals surface area contributed by atoms with Crippen molar-refractivity contribution in [2.45, 2.75) is 25.0 Å². The van der Waals surface area contributed by atoms with Gasteiger partial charge in [0.15, 0.2) is 0 Å². The summed E-state index contributed by atoms with van der Waals surface area (Å²) in [4.78, 5) is 10.6. The summed E-state index contributed by atoms with van der Waals surface area (Å²) in [5.74, 6) is 1.43. The molecule has 0 amide bonds. The van der Waals surface area contributed by atoms with Crippen LogP contribution in [0.2, 0.25) is 0 Å². The van der Waals surface area contributed by atoms with Gasteiger partial charge < -0.3 is 9.47 Å². The second-order valence-corrected chi connectivity index (χ2v) is 6.73. The van der Waals surface area contributed by atoms with Crippen molar-refractivity contribution in [2.24, 2.45) is 5.92 Å². The van der Waals surface area contributed by atoms with E-state index in [0.29, 0.717) is 5.92 Å². The molecular weight excluding hydrogens is 302 g/mol. The molecule has 2 aromatic heterocycles. The van der Waals surface area contributed by atoms with E-state index in [-0.39, 0.29) is 5.60 Å². The molecule has 0 bridgehead atoms. The molecule has 5 nitrogen and oxygen atoms in total. The second kappa shape index (κ2) is 6.87. The third-order valence-corrected chi connectivity index (χ3v) is 5.11. The summed E-state index contributed by atoms with van der Waals surface area (Å²) in [6.45, 7) is 4.62. The molecule has 2 aromatic rings. The van der Waals surface area contributed by atoms with E-state index in [1.54, 1.807) is 12.4 Å². The number of rotatable bonds is 6. The number of pyridine rings is 2. The zero-order valence-electron chi connectivity index (χ0n) is 13.8. The molecular formula is C19H23N3O2. The van der Waals surface area contributed by atoms with Crippen LogP contribution < -0.4 is 4.74 Å². The third kappa shape index (κ3) is 3.28. The predicted molar refractivity (Wildman–Crippen MR) is 90.7 cm³/mol. The zero-order chi connectivity index (χ0) is 16.2. The first kappa shape index (κ1) is 15.5. The number of nitrogens with zero attached hydrogens (tertiary/aromatic N) is 3. The van der Waals surface area contributed by atoms with Gasteiger partial charge in [-0.25, -0.2) is 0 Å². The molecule has 1 spiro atoms. The SMILES string of the molecule is c1cncc(OCC[C@H]2CCOC23CN(Cc2ccncc2)C3)c1. The Labute approximate surface area is 142 Å². The molecule has 0 N–H and O–H groups in total. The molecule has 1 atom stereocenters. The summed E-state index contributed by atoms with van der Waals surface area (Å²) in [6, 6.07) is 8.02.